The Balaban J connectivity index is 2.17. The van der Waals surface area contributed by atoms with E-state index in [9.17, 15) is 4.79 Å². The summed E-state index contributed by atoms with van der Waals surface area (Å²) < 4.78 is 5.38. The predicted molar refractivity (Wildman–Crippen MR) is 82.5 cm³/mol. The van der Waals surface area contributed by atoms with E-state index in [2.05, 4.69) is 12.2 Å². The van der Waals surface area contributed by atoms with Gasteiger partial charge >= 0.3 is 0 Å². The molecule has 0 unspecified atom stereocenters. The topological polar surface area (TPSA) is 64.3 Å². The van der Waals surface area contributed by atoms with Crippen LogP contribution in [0.3, 0.4) is 0 Å². The van der Waals surface area contributed by atoms with E-state index >= 15 is 0 Å². The molecule has 0 aliphatic heterocycles. The van der Waals surface area contributed by atoms with Gasteiger partial charge in [0.05, 0.1) is 0 Å². The Morgan fingerprint density at radius 2 is 1.95 bits per heavy atom. The van der Waals surface area contributed by atoms with Crippen molar-refractivity contribution in [3.63, 3.8) is 0 Å². The molecule has 0 aliphatic carbocycles. The van der Waals surface area contributed by atoms with E-state index in [-0.39, 0.29) is 12.5 Å². The molecule has 3 N–H and O–H groups in total. The smallest absolute Gasteiger partial charge is 0.250 e. The van der Waals surface area contributed by atoms with Gasteiger partial charge in [0.1, 0.15) is 6.61 Å². The van der Waals surface area contributed by atoms with Gasteiger partial charge in [-0.15, -0.1) is 0 Å². The number of unbranched alkanes of at least 4 members (excludes halogenated alkanes) is 4. The normalized spacial score (nSPS) is 10.5. The van der Waals surface area contributed by atoms with Crippen molar-refractivity contribution in [3.05, 3.63) is 29.8 Å². The van der Waals surface area contributed by atoms with Gasteiger partial charge in [-0.25, -0.2) is 0 Å². The van der Waals surface area contributed by atoms with Crippen LogP contribution in [0.1, 0.15) is 44.6 Å². The van der Waals surface area contributed by atoms with E-state index in [0.29, 0.717) is 13.2 Å². The summed E-state index contributed by atoms with van der Waals surface area (Å²) in [5.41, 5.74) is 7.32. The molecule has 0 atom stereocenters. The highest BCUT2D eigenvalue weighted by molar-refractivity contribution is 5.92. The monoisotopic (exact) mass is 278 g/mol. The molecule has 0 spiro atoms. The number of anilines is 1. The van der Waals surface area contributed by atoms with E-state index < -0.39 is 0 Å². The summed E-state index contributed by atoms with van der Waals surface area (Å²) >= 11 is 0. The molecule has 1 aromatic carbocycles. The van der Waals surface area contributed by atoms with E-state index in [1.807, 2.05) is 24.3 Å². The molecule has 0 radical (unpaired) electrons. The zero-order chi connectivity index (χ0) is 14.6. The van der Waals surface area contributed by atoms with Crippen molar-refractivity contribution in [3.8, 4) is 0 Å². The number of hydrogen-bond acceptors (Lipinski definition) is 3. The van der Waals surface area contributed by atoms with Gasteiger partial charge in [0, 0.05) is 18.8 Å². The fourth-order valence-electron chi connectivity index (χ4n) is 1.98. The fourth-order valence-corrected chi connectivity index (χ4v) is 1.98. The summed E-state index contributed by atoms with van der Waals surface area (Å²) in [6, 6.07) is 7.54. The van der Waals surface area contributed by atoms with Crippen LogP contribution in [0.5, 0.6) is 0 Å². The maximum Gasteiger partial charge on any atom is 0.250 e. The van der Waals surface area contributed by atoms with Crippen molar-refractivity contribution in [2.75, 3.05) is 18.5 Å². The first-order chi connectivity index (χ1) is 9.77. The van der Waals surface area contributed by atoms with Crippen LogP contribution in [0.2, 0.25) is 0 Å². The third-order valence-corrected chi connectivity index (χ3v) is 3.14. The van der Waals surface area contributed by atoms with E-state index in [4.69, 9.17) is 10.5 Å². The van der Waals surface area contributed by atoms with E-state index in [1.165, 1.54) is 25.7 Å². The molecule has 0 aromatic heterocycles. The third kappa shape index (κ3) is 6.68. The molecular formula is C16H26N2O2. The van der Waals surface area contributed by atoms with Crippen LogP contribution in [0.25, 0.3) is 0 Å². The van der Waals surface area contributed by atoms with Crippen LogP contribution in [0, 0.1) is 0 Å². The van der Waals surface area contributed by atoms with Crippen LogP contribution >= 0.6 is 0 Å². The molecule has 0 saturated carbocycles. The molecule has 0 fully saturated rings. The Kier molecular flexibility index (Phi) is 8.67. The van der Waals surface area contributed by atoms with Crippen molar-refractivity contribution in [2.45, 2.75) is 45.6 Å². The van der Waals surface area contributed by atoms with Crippen molar-refractivity contribution >= 4 is 11.6 Å². The molecule has 4 nitrogen and oxygen atoms in total. The van der Waals surface area contributed by atoms with Crippen molar-refractivity contribution in [1.82, 2.24) is 0 Å². The molecule has 1 amide bonds. The third-order valence-electron chi connectivity index (χ3n) is 3.14. The summed E-state index contributed by atoms with van der Waals surface area (Å²) in [5, 5.41) is 2.83. The Labute approximate surface area is 121 Å². The van der Waals surface area contributed by atoms with Crippen LogP contribution in [-0.2, 0) is 16.1 Å². The SMILES string of the molecule is CCCCCCCOCC(=O)Nc1ccccc1CN. The van der Waals surface area contributed by atoms with Gasteiger partial charge in [-0.1, -0.05) is 50.8 Å². The summed E-state index contributed by atoms with van der Waals surface area (Å²) in [5.74, 6) is -0.126. The number of amides is 1. The van der Waals surface area contributed by atoms with Gasteiger partial charge < -0.3 is 15.8 Å². The zero-order valence-corrected chi connectivity index (χ0v) is 12.4. The highest BCUT2D eigenvalue weighted by Gasteiger charge is 2.05. The molecule has 0 saturated heterocycles. The molecule has 1 aromatic rings. The number of carbonyl (C=O) groups excluding carboxylic acids is 1. The molecule has 0 heterocycles. The van der Waals surface area contributed by atoms with Crippen LogP contribution in [-0.4, -0.2) is 19.1 Å². The first kappa shape index (κ1) is 16.7. The molecular weight excluding hydrogens is 252 g/mol. The lowest BCUT2D eigenvalue weighted by Crippen LogP contribution is -2.20. The molecule has 1 rings (SSSR count). The van der Waals surface area contributed by atoms with E-state index in [0.717, 1.165) is 17.7 Å². The second kappa shape index (κ2) is 10.4. The van der Waals surface area contributed by atoms with Gasteiger partial charge in [0.2, 0.25) is 5.91 Å². The van der Waals surface area contributed by atoms with Gasteiger partial charge in [0.25, 0.3) is 0 Å². The van der Waals surface area contributed by atoms with E-state index in [1.54, 1.807) is 0 Å². The first-order valence-electron chi connectivity index (χ1n) is 7.43. The fraction of sp³-hybridized carbons (Fsp3) is 0.562. The van der Waals surface area contributed by atoms with Gasteiger partial charge in [0.15, 0.2) is 0 Å². The highest BCUT2D eigenvalue weighted by Crippen LogP contribution is 2.13. The van der Waals surface area contributed by atoms with Crippen molar-refractivity contribution in [1.29, 1.82) is 0 Å². The quantitative estimate of drug-likeness (QED) is 0.646. The summed E-state index contributed by atoms with van der Waals surface area (Å²) in [4.78, 5) is 11.7. The lowest BCUT2D eigenvalue weighted by atomic mass is 10.2. The largest absolute Gasteiger partial charge is 0.372 e. The standard InChI is InChI=1S/C16H26N2O2/c1-2-3-4-5-8-11-20-13-16(19)18-15-10-7-6-9-14(15)12-17/h6-7,9-10H,2-5,8,11-13,17H2,1H3,(H,18,19). The minimum Gasteiger partial charge on any atom is -0.372 e. The maximum atomic E-state index is 11.7. The summed E-state index contributed by atoms with van der Waals surface area (Å²) in [7, 11) is 0. The lowest BCUT2D eigenvalue weighted by molar-refractivity contribution is -0.120. The van der Waals surface area contributed by atoms with Crippen molar-refractivity contribution in [2.24, 2.45) is 5.73 Å². The number of nitrogens with two attached hydrogens (primary N) is 1. The number of hydrogen-bond donors (Lipinski definition) is 2. The van der Waals surface area contributed by atoms with Gasteiger partial charge in [-0.2, -0.15) is 0 Å². The van der Waals surface area contributed by atoms with Crippen LogP contribution in [0.4, 0.5) is 5.69 Å². The average Bonchev–Trinajstić information content (AvgIpc) is 2.47. The minimum atomic E-state index is -0.126. The second-order valence-electron chi connectivity index (χ2n) is 4.88. The molecule has 0 aliphatic rings. The number of ether oxygens (including phenoxy) is 1. The molecule has 0 bridgehead atoms. The van der Waals surface area contributed by atoms with Gasteiger partial charge in [-0.05, 0) is 18.1 Å². The predicted octanol–water partition coefficient (Wildman–Crippen LogP) is 3.07. The summed E-state index contributed by atoms with van der Waals surface area (Å²) in [6.45, 7) is 3.36. The number of rotatable bonds is 10. The summed E-state index contributed by atoms with van der Waals surface area (Å²) in [6.07, 6.45) is 5.95. The molecule has 112 valence electrons. The Hall–Kier alpha value is -1.39. The Morgan fingerprint density at radius 3 is 2.70 bits per heavy atom. The maximum absolute atomic E-state index is 11.7. The molecule has 20 heavy (non-hydrogen) atoms. The number of benzene rings is 1. The Bertz CT molecular complexity index is 394. The Morgan fingerprint density at radius 1 is 1.20 bits per heavy atom. The average molecular weight is 278 g/mol. The zero-order valence-electron chi connectivity index (χ0n) is 12.4. The minimum absolute atomic E-state index is 0.104. The van der Waals surface area contributed by atoms with Crippen molar-refractivity contribution < 1.29 is 9.53 Å². The second-order valence-corrected chi connectivity index (χ2v) is 4.88. The highest BCUT2D eigenvalue weighted by atomic mass is 16.5. The van der Waals surface area contributed by atoms with Gasteiger partial charge in [-0.3, -0.25) is 4.79 Å². The number of carbonyl (C=O) groups is 1. The van der Waals surface area contributed by atoms with Crippen LogP contribution < -0.4 is 11.1 Å². The molecule has 4 heteroatoms. The first-order valence-corrected chi connectivity index (χ1v) is 7.43. The number of para-hydroxylation sites is 1. The van der Waals surface area contributed by atoms with Crippen LogP contribution in [0.15, 0.2) is 24.3 Å². The lowest BCUT2D eigenvalue weighted by Gasteiger charge is -2.09. The number of nitrogens with one attached hydrogen (secondary N) is 1.